The van der Waals surface area contributed by atoms with Gasteiger partial charge < -0.3 is 0 Å². The van der Waals surface area contributed by atoms with Crippen LogP contribution in [0.15, 0.2) is 96.1 Å². The van der Waals surface area contributed by atoms with Gasteiger partial charge >= 0.3 is 0 Å². The lowest BCUT2D eigenvalue weighted by Crippen LogP contribution is -2.12. The van der Waals surface area contributed by atoms with Crippen molar-refractivity contribution in [2.24, 2.45) is 5.92 Å². The lowest BCUT2D eigenvalue weighted by atomic mass is 9.81. The highest BCUT2D eigenvalue weighted by atomic mass is 14.2. The van der Waals surface area contributed by atoms with E-state index < -0.39 is 0 Å². The zero-order chi connectivity index (χ0) is 20.9. The fraction of sp³-hybridized carbons (Fsp3) is 0.267. The second-order valence-electron chi connectivity index (χ2n) is 8.85. The predicted octanol–water partition coefficient (Wildman–Crippen LogP) is 7.51. The maximum atomic E-state index is 2.54. The topological polar surface area (TPSA) is 0 Å². The molecule has 0 saturated carbocycles. The Morgan fingerprint density at radius 1 is 0.633 bits per heavy atom. The minimum atomic E-state index is 0.564. The van der Waals surface area contributed by atoms with E-state index in [9.17, 15) is 0 Å². The van der Waals surface area contributed by atoms with Crippen LogP contribution in [0.1, 0.15) is 39.8 Å². The number of benzene rings is 3. The lowest BCUT2D eigenvalue weighted by molar-refractivity contribution is 0.614. The number of aryl methyl sites for hydroxylation is 3. The molecule has 1 aliphatic carbocycles. The van der Waals surface area contributed by atoms with Gasteiger partial charge in [0.15, 0.2) is 0 Å². The summed E-state index contributed by atoms with van der Waals surface area (Å²) in [5, 5.41) is 0. The molecule has 0 bridgehead atoms. The van der Waals surface area contributed by atoms with E-state index >= 15 is 0 Å². The first-order chi connectivity index (χ1) is 14.6. The first-order valence-electron chi connectivity index (χ1n) is 11.1. The van der Waals surface area contributed by atoms with Gasteiger partial charge in [-0.15, -0.1) is 0 Å². The van der Waals surface area contributed by atoms with Crippen LogP contribution in [0.4, 0.5) is 0 Å². The van der Waals surface area contributed by atoms with Crippen LogP contribution in [0.5, 0.6) is 0 Å². The van der Waals surface area contributed by atoms with Crippen molar-refractivity contribution < 1.29 is 0 Å². The molecule has 0 aliphatic heterocycles. The van der Waals surface area contributed by atoms with E-state index in [1.807, 2.05) is 0 Å². The minimum Gasteiger partial charge on any atom is -0.0772 e. The third-order valence-corrected chi connectivity index (χ3v) is 6.44. The van der Waals surface area contributed by atoms with Crippen LogP contribution in [0, 0.1) is 26.7 Å². The van der Waals surface area contributed by atoms with Gasteiger partial charge in [0, 0.05) is 0 Å². The monoisotopic (exact) mass is 392 g/mol. The number of hydrogen-bond donors (Lipinski definition) is 0. The van der Waals surface area contributed by atoms with Crippen LogP contribution in [0.2, 0.25) is 0 Å². The molecule has 3 aromatic rings. The number of allylic oxidation sites excluding steroid dienone is 4. The SMILES string of the molecule is Cc1ccccc1CC1=CC(Cc2ccccc2C)CC(Cc2ccccc2C)=C1. The molecule has 4 rings (SSSR count). The highest BCUT2D eigenvalue weighted by Crippen LogP contribution is 2.31. The summed E-state index contributed by atoms with van der Waals surface area (Å²) in [6.45, 7) is 6.69. The molecule has 0 heterocycles. The zero-order valence-electron chi connectivity index (χ0n) is 18.5. The van der Waals surface area contributed by atoms with Crippen molar-refractivity contribution in [1.29, 1.82) is 0 Å². The van der Waals surface area contributed by atoms with Crippen LogP contribution < -0.4 is 0 Å². The molecule has 0 aromatic heterocycles. The summed E-state index contributed by atoms with van der Waals surface area (Å²) in [5.41, 5.74) is 11.6. The molecule has 0 N–H and O–H groups in total. The van der Waals surface area contributed by atoms with Crippen molar-refractivity contribution >= 4 is 0 Å². The molecular weight excluding hydrogens is 360 g/mol. The minimum absolute atomic E-state index is 0.564. The summed E-state index contributed by atoms with van der Waals surface area (Å²) in [6, 6.07) is 26.5. The van der Waals surface area contributed by atoms with Gasteiger partial charge in [0.05, 0.1) is 0 Å². The maximum absolute atomic E-state index is 2.54. The van der Waals surface area contributed by atoms with Gasteiger partial charge in [-0.2, -0.15) is 0 Å². The third-order valence-electron chi connectivity index (χ3n) is 6.44. The van der Waals surface area contributed by atoms with Crippen molar-refractivity contribution in [3.63, 3.8) is 0 Å². The van der Waals surface area contributed by atoms with E-state index in [-0.39, 0.29) is 0 Å². The average molecular weight is 393 g/mol. The molecule has 0 spiro atoms. The van der Waals surface area contributed by atoms with E-state index in [2.05, 4.69) is 106 Å². The third kappa shape index (κ3) is 5.00. The van der Waals surface area contributed by atoms with Crippen molar-refractivity contribution in [3.05, 3.63) is 129 Å². The predicted molar refractivity (Wildman–Crippen MR) is 129 cm³/mol. The molecule has 30 heavy (non-hydrogen) atoms. The van der Waals surface area contributed by atoms with E-state index in [1.165, 1.54) is 39.0 Å². The molecule has 0 heteroatoms. The van der Waals surface area contributed by atoms with Crippen LogP contribution in [0.3, 0.4) is 0 Å². The fourth-order valence-corrected chi connectivity index (χ4v) is 4.63. The molecule has 152 valence electrons. The Hall–Kier alpha value is -2.86. The van der Waals surface area contributed by atoms with E-state index in [0.29, 0.717) is 5.92 Å². The van der Waals surface area contributed by atoms with Crippen molar-refractivity contribution in [2.75, 3.05) is 0 Å². The normalized spacial score (nSPS) is 16.2. The summed E-state index contributed by atoms with van der Waals surface area (Å²) in [4.78, 5) is 0. The van der Waals surface area contributed by atoms with E-state index in [1.54, 1.807) is 5.57 Å². The van der Waals surface area contributed by atoms with Gasteiger partial charge in [0.1, 0.15) is 0 Å². The first-order valence-corrected chi connectivity index (χ1v) is 11.1. The molecule has 0 nitrogen and oxygen atoms in total. The van der Waals surface area contributed by atoms with Gasteiger partial charge in [0.25, 0.3) is 0 Å². The number of rotatable bonds is 6. The van der Waals surface area contributed by atoms with Crippen molar-refractivity contribution in [2.45, 2.75) is 46.5 Å². The number of hydrogen-bond acceptors (Lipinski definition) is 0. The van der Waals surface area contributed by atoms with Crippen LogP contribution in [-0.4, -0.2) is 0 Å². The van der Waals surface area contributed by atoms with Crippen LogP contribution >= 0.6 is 0 Å². The first kappa shape index (κ1) is 20.4. The highest BCUT2D eigenvalue weighted by molar-refractivity contribution is 5.40. The van der Waals surface area contributed by atoms with Gasteiger partial charge in [-0.25, -0.2) is 0 Å². The quantitative estimate of drug-likeness (QED) is 0.407. The Kier molecular flexibility index (Phi) is 6.33. The summed E-state index contributed by atoms with van der Waals surface area (Å²) in [7, 11) is 0. The Labute approximate surface area is 182 Å². The summed E-state index contributed by atoms with van der Waals surface area (Å²) in [5.74, 6) is 0.564. The molecule has 0 radical (unpaired) electrons. The van der Waals surface area contributed by atoms with Crippen molar-refractivity contribution in [3.8, 4) is 0 Å². The standard InChI is InChI=1S/C30H32/c1-22-10-4-7-13-28(22)19-25-16-26(20-29-14-8-5-11-23(29)2)18-27(17-25)21-30-15-9-6-12-24(30)3/h4-17,26H,18-21H2,1-3H3. The van der Waals surface area contributed by atoms with Crippen LogP contribution in [0.25, 0.3) is 0 Å². The molecule has 1 atom stereocenters. The molecular formula is C30H32. The Morgan fingerprint density at radius 3 is 1.70 bits per heavy atom. The van der Waals surface area contributed by atoms with Crippen molar-refractivity contribution in [1.82, 2.24) is 0 Å². The Morgan fingerprint density at radius 2 is 1.13 bits per heavy atom. The molecule has 1 unspecified atom stereocenters. The molecule has 1 aliphatic rings. The zero-order valence-corrected chi connectivity index (χ0v) is 18.5. The molecule has 3 aromatic carbocycles. The van der Waals surface area contributed by atoms with Gasteiger partial charge in [-0.3, -0.25) is 0 Å². The Balaban J connectivity index is 1.62. The largest absolute Gasteiger partial charge is 0.0772 e. The molecule has 0 saturated heterocycles. The maximum Gasteiger partial charge on any atom is -0.00262 e. The van der Waals surface area contributed by atoms with Gasteiger partial charge in [-0.05, 0) is 91.3 Å². The second-order valence-corrected chi connectivity index (χ2v) is 8.85. The van der Waals surface area contributed by atoms with E-state index in [0.717, 1.165) is 25.7 Å². The lowest BCUT2D eigenvalue weighted by Gasteiger charge is -2.24. The molecule has 0 fully saturated rings. The van der Waals surface area contributed by atoms with E-state index in [4.69, 9.17) is 0 Å². The van der Waals surface area contributed by atoms with Crippen LogP contribution in [-0.2, 0) is 19.3 Å². The smallest absolute Gasteiger partial charge is 0.00262 e. The average Bonchev–Trinajstić information content (AvgIpc) is 2.73. The van der Waals surface area contributed by atoms with Gasteiger partial charge in [-0.1, -0.05) is 90.5 Å². The second kappa shape index (κ2) is 9.30. The molecule has 0 amide bonds. The summed E-state index contributed by atoms with van der Waals surface area (Å²) >= 11 is 0. The summed E-state index contributed by atoms with van der Waals surface area (Å²) < 4.78 is 0. The summed E-state index contributed by atoms with van der Waals surface area (Å²) in [6.07, 6.45) is 9.37. The van der Waals surface area contributed by atoms with Gasteiger partial charge in [0.2, 0.25) is 0 Å². The fourth-order valence-electron chi connectivity index (χ4n) is 4.63. The Bertz CT molecular complexity index is 1080. The highest BCUT2D eigenvalue weighted by Gasteiger charge is 2.18.